The van der Waals surface area contributed by atoms with E-state index in [0.29, 0.717) is 22.6 Å². The topological polar surface area (TPSA) is 48.7 Å². The number of methoxy groups -OCH3 is 2. The van der Waals surface area contributed by atoms with Crippen LogP contribution in [0.25, 0.3) is 11.0 Å². The molecule has 0 amide bonds. The molecule has 0 aliphatic carbocycles. The molecule has 4 heteroatoms. The lowest BCUT2D eigenvalue weighted by molar-refractivity contribution is 0.103. The molecular formula is C19H18O4. The summed E-state index contributed by atoms with van der Waals surface area (Å²) in [6.45, 7) is 2.03. The van der Waals surface area contributed by atoms with E-state index in [-0.39, 0.29) is 5.78 Å². The number of hydrogen-bond donors (Lipinski definition) is 0. The first-order chi connectivity index (χ1) is 11.1. The lowest BCUT2D eigenvalue weighted by atomic mass is 10.0. The number of carbonyl (C=O) groups is 1. The van der Waals surface area contributed by atoms with Crippen LogP contribution >= 0.6 is 0 Å². The lowest BCUT2D eigenvalue weighted by Gasteiger charge is -2.08. The normalized spacial score (nSPS) is 10.7. The highest BCUT2D eigenvalue weighted by Crippen LogP contribution is 2.26. The smallest absolute Gasteiger partial charge is 0.193 e. The molecule has 0 atom stereocenters. The molecule has 3 rings (SSSR count). The van der Waals surface area contributed by atoms with E-state index >= 15 is 0 Å². The van der Waals surface area contributed by atoms with Gasteiger partial charge in [-0.25, -0.2) is 0 Å². The van der Waals surface area contributed by atoms with Crippen LogP contribution in [-0.2, 0) is 6.42 Å². The number of rotatable bonds is 5. The van der Waals surface area contributed by atoms with Crippen molar-refractivity contribution in [1.82, 2.24) is 0 Å². The molecule has 4 nitrogen and oxygen atoms in total. The minimum absolute atomic E-state index is 0.0986. The summed E-state index contributed by atoms with van der Waals surface area (Å²) >= 11 is 0. The van der Waals surface area contributed by atoms with Gasteiger partial charge in [-0.3, -0.25) is 4.79 Å². The Labute approximate surface area is 134 Å². The Bertz CT molecular complexity index is 839. The second-order valence-electron chi connectivity index (χ2n) is 5.25. The Morgan fingerprint density at radius 1 is 0.957 bits per heavy atom. The molecule has 0 saturated heterocycles. The Morgan fingerprint density at radius 3 is 2.26 bits per heavy atom. The summed E-state index contributed by atoms with van der Waals surface area (Å²) in [5.41, 5.74) is 1.81. The third-order valence-electron chi connectivity index (χ3n) is 3.80. The van der Waals surface area contributed by atoms with E-state index in [1.54, 1.807) is 38.5 Å². The van der Waals surface area contributed by atoms with Crippen LogP contribution in [0.3, 0.4) is 0 Å². The van der Waals surface area contributed by atoms with Gasteiger partial charge in [0.25, 0.3) is 0 Å². The summed E-state index contributed by atoms with van der Waals surface area (Å²) in [7, 11) is 3.12. The van der Waals surface area contributed by atoms with Crippen LogP contribution in [-0.4, -0.2) is 20.0 Å². The highest BCUT2D eigenvalue weighted by molar-refractivity contribution is 6.10. The number of benzene rings is 2. The van der Waals surface area contributed by atoms with Gasteiger partial charge in [0, 0.05) is 29.0 Å². The van der Waals surface area contributed by atoms with Crippen LogP contribution in [0.2, 0.25) is 0 Å². The van der Waals surface area contributed by atoms with Crippen LogP contribution < -0.4 is 9.47 Å². The molecule has 118 valence electrons. The van der Waals surface area contributed by atoms with Crippen LogP contribution in [0.5, 0.6) is 11.5 Å². The van der Waals surface area contributed by atoms with E-state index in [9.17, 15) is 4.79 Å². The summed E-state index contributed by atoms with van der Waals surface area (Å²) in [5.74, 6) is 1.98. The van der Waals surface area contributed by atoms with Gasteiger partial charge in [0.15, 0.2) is 5.78 Å². The molecule has 0 saturated carbocycles. The molecule has 1 heterocycles. The van der Waals surface area contributed by atoms with Crippen molar-refractivity contribution in [2.24, 2.45) is 0 Å². The molecule has 0 radical (unpaired) electrons. The largest absolute Gasteiger partial charge is 0.497 e. The maximum absolute atomic E-state index is 12.7. The zero-order valence-electron chi connectivity index (χ0n) is 13.4. The van der Waals surface area contributed by atoms with Gasteiger partial charge in [-0.1, -0.05) is 19.1 Å². The van der Waals surface area contributed by atoms with Crippen molar-refractivity contribution >= 4 is 16.8 Å². The van der Waals surface area contributed by atoms with Crippen molar-refractivity contribution in [3.63, 3.8) is 0 Å². The van der Waals surface area contributed by atoms with Gasteiger partial charge in [0.05, 0.1) is 14.2 Å². The van der Waals surface area contributed by atoms with Gasteiger partial charge in [-0.2, -0.15) is 0 Å². The summed E-state index contributed by atoms with van der Waals surface area (Å²) in [6.07, 6.45) is 0.824. The summed E-state index contributed by atoms with van der Waals surface area (Å²) in [5, 5.41) is 1.00. The quantitative estimate of drug-likeness (QED) is 0.661. The minimum Gasteiger partial charge on any atom is -0.497 e. The molecule has 2 aromatic carbocycles. The molecule has 0 aliphatic heterocycles. The molecule has 0 aliphatic rings. The molecular weight excluding hydrogens is 292 g/mol. The van der Waals surface area contributed by atoms with Gasteiger partial charge in [-0.05, 0) is 24.3 Å². The summed E-state index contributed by atoms with van der Waals surface area (Å²) < 4.78 is 16.2. The van der Waals surface area contributed by atoms with E-state index in [1.165, 1.54) is 0 Å². The number of aryl methyl sites for hydroxylation is 1. The number of furan rings is 1. The van der Waals surface area contributed by atoms with E-state index in [2.05, 4.69) is 0 Å². The second-order valence-corrected chi connectivity index (χ2v) is 5.25. The monoisotopic (exact) mass is 310 g/mol. The van der Waals surface area contributed by atoms with E-state index in [4.69, 9.17) is 13.9 Å². The maximum atomic E-state index is 12.7. The zero-order valence-corrected chi connectivity index (χ0v) is 13.4. The predicted octanol–water partition coefficient (Wildman–Crippen LogP) is 4.24. The van der Waals surface area contributed by atoms with Crippen LogP contribution in [0, 0.1) is 0 Å². The van der Waals surface area contributed by atoms with Gasteiger partial charge >= 0.3 is 0 Å². The predicted molar refractivity (Wildman–Crippen MR) is 88.6 cm³/mol. The average Bonchev–Trinajstić information content (AvgIpc) is 3.02. The average molecular weight is 310 g/mol. The molecule has 0 unspecified atom stereocenters. The maximum Gasteiger partial charge on any atom is 0.193 e. The summed E-state index contributed by atoms with van der Waals surface area (Å²) in [4.78, 5) is 12.7. The van der Waals surface area contributed by atoms with E-state index in [1.807, 2.05) is 25.1 Å². The van der Waals surface area contributed by atoms with Crippen molar-refractivity contribution in [3.05, 3.63) is 59.4 Å². The fraction of sp³-hybridized carbons (Fsp3) is 0.211. The van der Waals surface area contributed by atoms with Crippen LogP contribution in [0.15, 0.2) is 46.9 Å². The number of carbonyl (C=O) groups excluding carboxylic acids is 1. The minimum atomic E-state index is -0.0986. The van der Waals surface area contributed by atoms with Crippen molar-refractivity contribution in [2.75, 3.05) is 14.2 Å². The number of fused-ring (bicyclic) bond motifs is 1. The van der Waals surface area contributed by atoms with Crippen molar-refractivity contribution in [3.8, 4) is 11.5 Å². The van der Waals surface area contributed by atoms with E-state index < -0.39 is 0 Å². The summed E-state index contributed by atoms with van der Waals surface area (Å²) in [6, 6.07) is 12.6. The molecule has 3 aromatic rings. The molecule has 0 fully saturated rings. The van der Waals surface area contributed by atoms with Gasteiger partial charge in [-0.15, -0.1) is 0 Å². The molecule has 23 heavy (non-hydrogen) atoms. The Balaban J connectivity index is 2.02. The zero-order chi connectivity index (χ0) is 16.4. The molecule has 0 spiro atoms. The van der Waals surface area contributed by atoms with E-state index in [0.717, 1.165) is 23.2 Å². The highest BCUT2D eigenvalue weighted by atomic mass is 16.5. The Kier molecular flexibility index (Phi) is 4.06. The first-order valence-corrected chi connectivity index (χ1v) is 7.45. The fourth-order valence-corrected chi connectivity index (χ4v) is 2.51. The number of ketones is 1. The second kappa shape index (κ2) is 6.16. The number of ether oxygens (including phenoxy) is 2. The van der Waals surface area contributed by atoms with Crippen molar-refractivity contribution in [1.29, 1.82) is 0 Å². The fourth-order valence-electron chi connectivity index (χ4n) is 2.51. The van der Waals surface area contributed by atoms with Crippen LogP contribution in [0.1, 0.15) is 28.6 Å². The SMILES string of the molecule is CCc1cc2ccc(C(=O)c3cc(OC)cc(OC)c3)cc2o1. The molecule has 1 aromatic heterocycles. The highest BCUT2D eigenvalue weighted by Gasteiger charge is 2.14. The van der Waals surface area contributed by atoms with Gasteiger partial charge in [0.2, 0.25) is 0 Å². The molecule has 0 bridgehead atoms. The third kappa shape index (κ3) is 2.93. The van der Waals surface area contributed by atoms with Crippen molar-refractivity contribution < 1.29 is 18.7 Å². The third-order valence-corrected chi connectivity index (χ3v) is 3.80. The van der Waals surface area contributed by atoms with Gasteiger partial charge < -0.3 is 13.9 Å². The first-order valence-electron chi connectivity index (χ1n) is 7.45. The van der Waals surface area contributed by atoms with Crippen molar-refractivity contribution in [2.45, 2.75) is 13.3 Å². The Morgan fingerprint density at radius 2 is 1.65 bits per heavy atom. The van der Waals surface area contributed by atoms with Gasteiger partial charge in [0.1, 0.15) is 22.8 Å². The molecule has 0 N–H and O–H groups in total. The lowest BCUT2D eigenvalue weighted by Crippen LogP contribution is -2.02. The first kappa shape index (κ1) is 15.2. The number of hydrogen-bond acceptors (Lipinski definition) is 4. The Hall–Kier alpha value is -2.75. The van der Waals surface area contributed by atoms with Crippen LogP contribution in [0.4, 0.5) is 0 Å². The standard InChI is InChI=1S/C19H18O4/c1-4-15-7-12-5-6-13(10-18(12)23-15)19(20)14-8-16(21-2)11-17(9-14)22-3/h5-11H,4H2,1-3H3.